The lowest BCUT2D eigenvalue weighted by Gasteiger charge is -2.15. The van der Waals surface area contributed by atoms with Crippen LogP contribution in [-0.4, -0.2) is 0 Å². The zero-order chi connectivity index (χ0) is 13.8. The van der Waals surface area contributed by atoms with Crippen LogP contribution >= 0.6 is 22.6 Å². The van der Waals surface area contributed by atoms with E-state index in [0.717, 1.165) is 6.42 Å². The van der Waals surface area contributed by atoms with Crippen molar-refractivity contribution in [2.45, 2.75) is 26.3 Å². The average molecular weight is 365 g/mol. The van der Waals surface area contributed by atoms with Gasteiger partial charge >= 0.3 is 0 Å². The fourth-order valence-corrected chi connectivity index (χ4v) is 2.96. The minimum atomic E-state index is -0.0406. The van der Waals surface area contributed by atoms with Crippen LogP contribution in [0.4, 0.5) is 0 Å². The maximum Gasteiger partial charge on any atom is 0.0562 e. The van der Waals surface area contributed by atoms with E-state index in [1.54, 1.807) is 0 Å². The highest BCUT2D eigenvalue weighted by Gasteiger charge is 2.11. The van der Waals surface area contributed by atoms with Crippen molar-refractivity contribution in [3.63, 3.8) is 0 Å². The van der Waals surface area contributed by atoms with Crippen LogP contribution in [0.2, 0.25) is 0 Å². The lowest BCUT2D eigenvalue weighted by molar-refractivity contribution is 0.647. The van der Waals surface area contributed by atoms with E-state index in [9.17, 15) is 0 Å². The number of benzene rings is 2. The summed E-state index contributed by atoms with van der Waals surface area (Å²) in [6.07, 6.45) is 1.12. The van der Waals surface area contributed by atoms with Crippen LogP contribution in [0.15, 0.2) is 48.5 Å². The van der Waals surface area contributed by atoms with E-state index in [4.69, 9.17) is 5.73 Å². The summed E-state index contributed by atoms with van der Waals surface area (Å²) in [7, 11) is 0. The molecule has 19 heavy (non-hydrogen) atoms. The maximum atomic E-state index is 6.36. The van der Waals surface area contributed by atoms with Crippen LogP contribution in [0.5, 0.6) is 0 Å². The summed E-state index contributed by atoms with van der Waals surface area (Å²) in [6, 6.07) is 17.0. The molecular formula is C17H20IN. The lowest BCUT2D eigenvalue weighted by atomic mass is 9.96. The Labute approximate surface area is 129 Å². The number of halogens is 1. The van der Waals surface area contributed by atoms with Gasteiger partial charge in [0, 0.05) is 3.57 Å². The molecule has 0 aromatic heterocycles. The fourth-order valence-electron chi connectivity index (χ4n) is 2.24. The molecule has 0 radical (unpaired) electrons. The van der Waals surface area contributed by atoms with Gasteiger partial charge in [0.25, 0.3) is 0 Å². The third-order valence-electron chi connectivity index (χ3n) is 3.22. The Morgan fingerprint density at radius 3 is 2.21 bits per heavy atom. The molecule has 2 heteroatoms. The van der Waals surface area contributed by atoms with E-state index in [0.29, 0.717) is 5.92 Å². The molecule has 1 atom stereocenters. The SMILES string of the molecule is CC(C)Cc1ccc(C(N)c2ccccc2I)cc1. The number of nitrogens with two attached hydrogens (primary N) is 1. The van der Waals surface area contributed by atoms with Crippen molar-refractivity contribution in [1.82, 2.24) is 0 Å². The highest BCUT2D eigenvalue weighted by atomic mass is 127. The van der Waals surface area contributed by atoms with Gasteiger partial charge in [0.2, 0.25) is 0 Å². The van der Waals surface area contributed by atoms with E-state index < -0.39 is 0 Å². The second-order valence-corrected chi connectivity index (χ2v) is 6.50. The smallest absolute Gasteiger partial charge is 0.0562 e. The Kier molecular flexibility index (Phi) is 4.99. The topological polar surface area (TPSA) is 26.0 Å². The molecule has 0 amide bonds. The average Bonchev–Trinajstić information content (AvgIpc) is 2.39. The van der Waals surface area contributed by atoms with Gasteiger partial charge < -0.3 is 5.73 Å². The quantitative estimate of drug-likeness (QED) is 0.792. The van der Waals surface area contributed by atoms with Crippen molar-refractivity contribution in [3.8, 4) is 0 Å². The van der Waals surface area contributed by atoms with Gasteiger partial charge in [-0.25, -0.2) is 0 Å². The Balaban J connectivity index is 2.20. The van der Waals surface area contributed by atoms with Crippen LogP contribution in [0.1, 0.15) is 36.6 Å². The molecule has 100 valence electrons. The second-order valence-electron chi connectivity index (χ2n) is 5.34. The molecule has 2 aromatic carbocycles. The summed E-state index contributed by atoms with van der Waals surface area (Å²) in [5.74, 6) is 0.689. The van der Waals surface area contributed by atoms with Crippen molar-refractivity contribution >= 4 is 22.6 Å². The maximum absolute atomic E-state index is 6.36. The summed E-state index contributed by atoms with van der Waals surface area (Å²) >= 11 is 2.35. The van der Waals surface area contributed by atoms with Gasteiger partial charge in [0.15, 0.2) is 0 Å². The molecule has 1 nitrogen and oxygen atoms in total. The highest BCUT2D eigenvalue weighted by molar-refractivity contribution is 14.1. The Hall–Kier alpha value is -0.870. The fraction of sp³-hybridized carbons (Fsp3) is 0.294. The van der Waals surface area contributed by atoms with Gasteiger partial charge in [-0.2, -0.15) is 0 Å². The molecular weight excluding hydrogens is 345 g/mol. The molecule has 0 aliphatic rings. The minimum Gasteiger partial charge on any atom is -0.320 e. The zero-order valence-corrected chi connectivity index (χ0v) is 13.6. The van der Waals surface area contributed by atoms with Crippen LogP contribution in [0.3, 0.4) is 0 Å². The van der Waals surface area contributed by atoms with Crippen LogP contribution < -0.4 is 5.73 Å². The number of hydrogen-bond acceptors (Lipinski definition) is 1. The van der Waals surface area contributed by atoms with Gasteiger partial charge in [0.1, 0.15) is 0 Å². The predicted molar refractivity (Wildman–Crippen MR) is 90.2 cm³/mol. The molecule has 0 aliphatic carbocycles. The largest absolute Gasteiger partial charge is 0.320 e. The summed E-state index contributed by atoms with van der Waals surface area (Å²) in [5.41, 5.74) is 10.1. The molecule has 0 saturated carbocycles. The second kappa shape index (κ2) is 6.53. The monoisotopic (exact) mass is 365 g/mol. The Morgan fingerprint density at radius 2 is 1.63 bits per heavy atom. The van der Waals surface area contributed by atoms with E-state index in [-0.39, 0.29) is 6.04 Å². The molecule has 0 saturated heterocycles. The zero-order valence-electron chi connectivity index (χ0n) is 11.4. The predicted octanol–water partition coefficient (Wildman–Crippen LogP) is 4.54. The molecule has 1 unspecified atom stereocenters. The normalized spacial score (nSPS) is 12.7. The molecule has 2 aromatic rings. The molecule has 0 spiro atoms. The van der Waals surface area contributed by atoms with Crippen LogP contribution in [-0.2, 0) is 6.42 Å². The molecule has 2 N–H and O–H groups in total. The van der Waals surface area contributed by atoms with Gasteiger partial charge in [-0.05, 0) is 57.7 Å². The van der Waals surface area contributed by atoms with E-state index in [1.807, 2.05) is 12.1 Å². The summed E-state index contributed by atoms with van der Waals surface area (Å²) in [6.45, 7) is 4.48. The Bertz CT molecular complexity index is 531. The summed E-state index contributed by atoms with van der Waals surface area (Å²) in [4.78, 5) is 0. The first-order chi connectivity index (χ1) is 9.08. The van der Waals surface area contributed by atoms with Crippen LogP contribution in [0, 0.1) is 9.49 Å². The van der Waals surface area contributed by atoms with E-state index in [2.05, 4.69) is 72.8 Å². The number of hydrogen-bond donors (Lipinski definition) is 1. The first-order valence-electron chi connectivity index (χ1n) is 6.66. The molecule has 0 heterocycles. The van der Waals surface area contributed by atoms with Crippen molar-refractivity contribution < 1.29 is 0 Å². The third-order valence-corrected chi connectivity index (χ3v) is 4.21. The summed E-state index contributed by atoms with van der Waals surface area (Å²) in [5, 5.41) is 0. The summed E-state index contributed by atoms with van der Waals surface area (Å²) < 4.78 is 1.22. The van der Waals surface area contributed by atoms with Gasteiger partial charge in [-0.1, -0.05) is 56.3 Å². The van der Waals surface area contributed by atoms with E-state index in [1.165, 1.54) is 20.3 Å². The lowest BCUT2D eigenvalue weighted by Crippen LogP contribution is -2.13. The first-order valence-corrected chi connectivity index (χ1v) is 7.74. The van der Waals surface area contributed by atoms with Gasteiger partial charge in [0.05, 0.1) is 6.04 Å². The van der Waals surface area contributed by atoms with Crippen molar-refractivity contribution in [3.05, 3.63) is 68.8 Å². The molecule has 0 bridgehead atoms. The minimum absolute atomic E-state index is 0.0406. The number of rotatable bonds is 4. The highest BCUT2D eigenvalue weighted by Crippen LogP contribution is 2.24. The third kappa shape index (κ3) is 3.80. The Morgan fingerprint density at radius 1 is 1.00 bits per heavy atom. The van der Waals surface area contributed by atoms with Gasteiger partial charge in [-0.3, -0.25) is 0 Å². The van der Waals surface area contributed by atoms with Crippen molar-refractivity contribution in [2.75, 3.05) is 0 Å². The van der Waals surface area contributed by atoms with Crippen LogP contribution in [0.25, 0.3) is 0 Å². The van der Waals surface area contributed by atoms with Crippen molar-refractivity contribution in [2.24, 2.45) is 11.7 Å². The van der Waals surface area contributed by atoms with Gasteiger partial charge in [-0.15, -0.1) is 0 Å². The van der Waals surface area contributed by atoms with E-state index >= 15 is 0 Å². The molecule has 2 rings (SSSR count). The molecule has 0 fully saturated rings. The standard InChI is InChI=1S/C17H20IN/c1-12(2)11-13-7-9-14(10-8-13)17(19)15-5-3-4-6-16(15)18/h3-10,12,17H,11,19H2,1-2H3. The van der Waals surface area contributed by atoms with Crippen molar-refractivity contribution in [1.29, 1.82) is 0 Å². The first kappa shape index (κ1) is 14.5. The molecule has 0 aliphatic heterocycles.